The summed E-state index contributed by atoms with van der Waals surface area (Å²) < 4.78 is 58.6. The number of nitrogens with zero attached hydrogens (tertiary/aromatic N) is 7. The van der Waals surface area contributed by atoms with Gasteiger partial charge in [-0.2, -0.15) is 13.2 Å². The van der Waals surface area contributed by atoms with E-state index in [0.717, 1.165) is 34.4 Å². The van der Waals surface area contributed by atoms with Gasteiger partial charge in [-0.15, -0.1) is 0 Å². The van der Waals surface area contributed by atoms with Crippen LogP contribution in [0.4, 0.5) is 24.7 Å². The molecule has 5 heterocycles. The van der Waals surface area contributed by atoms with Gasteiger partial charge >= 0.3 is 6.18 Å². The number of rotatable bonds is 7. The fourth-order valence-corrected chi connectivity index (χ4v) is 7.03. The number of carbonyl (C=O) groups excluding carboxylic acids is 3. The number of piperazine rings is 1. The number of nitrogens with one attached hydrogen (secondary N) is 1. The van der Waals surface area contributed by atoms with Crippen LogP contribution in [0.2, 0.25) is 0 Å². The van der Waals surface area contributed by atoms with E-state index in [0.29, 0.717) is 61.1 Å². The van der Waals surface area contributed by atoms with Gasteiger partial charge in [0.05, 0.1) is 5.69 Å². The largest absolute Gasteiger partial charge is 0.434 e. The maximum Gasteiger partial charge on any atom is 0.434 e. The molecule has 0 bridgehead atoms. The molecule has 0 radical (unpaired) electrons. The molecule has 14 heteroatoms. The Bertz CT molecular complexity index is 2290. The van der Waals surface area contributed by atoms with E-state index in [1.165, 1.54) is 9.47 Å². The number of amides is 3. The number of alkyl halides is 3. The summed E-state index contributed by atoms with van der Waals surface area (Å²) in [5.74, 6) is 0.0984. The molecule has 5 aromatic rings. The number of aromatic nitrogens is 4. The summed E-state index contributed by atoms with van der Waals surface area (Å²) >= 11 is 0. The van der Waals surface area contributed by atoms with Crippen LogP contribution >= 0.6 is 0 Å². The number of imidazole rings is 1. The van der Waals surface area contributed by atoms with Crippen molar-refractivity contribution in [3.8, 4) is 5.82 Å². The van der Waals surface area contributed by atoms with E-state index in [1.54, 1.807) is 36.1 Å². The number of hydrogen-bond acceptors (Lipinski definition) is 8. The van der Waals surface area contributed by atoms with Crippen LogP contribution in [0.3, 0.4) is 0 Å². The Morgan fingerprint density at radius 1 is 0.941 bits per heavy atom. The Morgan fingerprint density at radius 2 is 1.69 bits per heavy atom. The van der Waals surface area contributed by atoms with Crippen molar-refractivity contribution in [3.63, 3.8) is 0 Å². The quantitative estimate of drug-likeness (QED) is 0.241. The molecule has 3 aliphatic rings. The Kier molecular flexibility index (Phi) is 7.47. The third kappa shape index (κ3) is 6.20. The van der Waals surface area contributed by atoms with Gasteiger partial charge in [-0.05, 0) is 54.0 Å². The van der Waals surface area contributed by atoms with E-state index >= 15 is 0 Å². The fraction of sp³-hybridized carbons (Fsp3) is 0.297. The van der Waals surface area contributed by atoms with Crippen molar-refractivity contribution >= 4 is 40.0 Å². The van der Waals surface area contributed by atoms with Crippen LogP contribution in [0.1, 0.15) is 54.1 Å². The van der Waals surface area contributed by atoms with Crippen molar-refractivity contribution < 1.29 is 30.3 Å². The summed E-state index contributed by atoms with van der Waals surface area (Å²) in [4.78, 5) is 55.4. The average Bonchev–Trinajstić information content (AvgIpc) is 3.75. The first-order valence-electron chi connectivity index (χ1n) is 17.6. The van der Waals surface area contributed by atoms with Crippen LogP contribution < -0.4 is 15.1 Å². The minimum atomic E-state index is -4.57. The molecule has 0 spiro atoms. The minimum Gasteiger partial charge on any atom is -0.354 e. The zero-order valence-electron chi connectivity index (χ0n) is 29.4. The first-order valence-corrected chi connectivity index (χ1v) is 16.6. The first-order chi connectivity index (χ1) is 25.3. The standard InChI is InChI=1S/C37H33F3N8O3/c1-22-42-31(18-32(43-22)47-20-30(41-21-47)37(38,39)40)46-15-13-45(14-16-46)19-24-7-5-23(6-8-24)17-25-9-10-28-34-26(25)3-2-4-27(34)36(51)48(28)29-11-12-33(49)44-35(29)50/h2-10,18,20-21,29H,11-17,19H2,1H3,(H,44,49,50)/i19D2. The Morgan fingerprint density at radius 3 is 2.41 bits per heavy atom. The number of imide groups is 1. The number of halogens is 3. The van der Waals surface area contributed by atoms with Gasteiger partial charge in [0.1, 0.15) is 29.8 Å². The van der Waals surface area contributed by atoms with E-state index in [9.17, 15) is 27.6 Å². The second-order valence-electron chi connectivity index (χ2n) is 12.9. The molecule has 3 aliphatic heterocycles. The molecule has 260 valence electrons. The van der Waals surface area contributed by atoms with Crippen molar-refractivity contribution in [2.24, 2.45) is 0 Å². The smallest absolute Gasteiger partial charge is 0.354 e. The van der Waals surface area contributed by atoms with Gasteiger partial charge in [0.2, 0.25) is 11.8 Å². The van der Waals surface area contributed by atoms with E-state index in [4.69, 9.17) is 2.74 Å². The highest BCUT2D eigenvalue weighted by atomic mass is 19.4. The summed E-state index contributed by atoms with van der Waals surface area (Å²) in [7, 11) is 0. The van der Waals surface area contributed by atoms with E-state index in [2.05, 4.69) is 20.3 Å². The van der Waals surface area contributed by atoms with Gasteiger partial charge in [0, 0.05) is 65.1 Å². The molecule has 2 aromatic heterocycles. The van der Waals surface area contributed by atoms with E-state index in [1.807, 2.05) is 41.3 Å². The summed E-state index contributed by atoms with van der Waals surface area (Å²) in [5, 5.41) is 4.02. The lowest BCUT2D eigenvalue weighted by Crippen LogP contribution is -2.53. The monoisotopic (exact) mass is 696 g/mol. The highest BCUT2D eigenvalue weighted by Gasteiger charge is 2.41. The molecule has 11 nitrogen and oxygen atoms in total. The summed E-state index contributed by atoms with van der Waals surface area (Å²) in [5.41, 5.74) is 2.58. The molecular weight excluding hydrogens is 661 g/mol. The number of carbonyl (C=O) groups is 3. The van der Waals surface area contributed by atoms with Crippen molar-refractivity contribution in [3.05, 3.63) is 107 Å². The minimum absolute atomic E-state index is 0.166. The maximum absolute atomic E-state index is 13.5. The molecule has 3 amide bonds. The highest BCUT2D eigenvalue weighted by Crippen LogP contribution is 2.41. The SMILES string of the molecule is [2H]C([2H])(c1ccc(Cc2ccc3c4c(cccc24)C(=O)N3C2CCC(=O)NC2=O)cc1)N1CCN(c2cc(-n3cnc(C(F)(F)F)c3)nc(C)n2)CC1. The highest BCUT2D eigenvalue weighted by molar-refractivity contribution is 6.27. The molecule has 51 heavy (non-hydrogen) atoms. The lowest BCUT2D eigenvalue weighted by atomic mass is 9.95. The molecule has 0 saturated carbocycles. The lowest BCUT2D eigenvalue weighted by Gasteiger charge is -2.35. The molecular formula is C37H33F3N8O3. The number of benzene rings is 3. The van der Waals surface area contributed by atoms with Gasteiger partial charge < -0.3 is 4.90 Å². The molecule has 0 aliphatic carbocycles. The topological polar surface area (TPSA) is 117 Å². The summed E-state index contributed by atoms with van der Waals surface area (Å²) in [6, 6.07) is 17.6. The van der Waals surface area contributed by atoms with Gasteiger partial charge in [-0.1, -0.05) is 42.5 Å². The van der Waals surface area contributed by atoms with Crippen molar-refractivity contribution in [1.29, 1.82) is 0 Å². The second kappa shape index (κ2) is 12.6. The van der Waals surface area contributed by atoms with Crippen LogP contribution in [-0.2, 0) is 28.7 Å². The molecule has 8 rings (SSSR count). The maximum atomic E-state index is 13.5. The molecule has 1 N–H and O–H groups in total. The predicted molar refractivity (Wildman–Crippen MR) is 183 cm³/mol. The van der Waals surface area contributed by atoms with Crippen LogP contribution in [0, 0.1) is 6.92 Å². The lowest BCUT2D eigenvalue weighted by molar-refractivity contribution is -0.141. The predicted octanol–water partition coefficient (Wildman–Crippen LogP) is 4.82. The number of hydrogen-bond donors (Lipinski definition) is 1. The zero-order chi connectivity index (χ0) is 37.2. The Hall–Kier alpha value is -5.63. The fourth-order valence-electron chi connectivity index (χ4n) is 7.03. The molecule has 2 fully saturated rings. The molecule has 3 aromatic carbocycles. The third-order valence-electron chi connectivity index (χ3n) is 9.53. The van der Waals surface area contributed by atoms with Gasteiger partial charge in [-0.25, -0.2) is 15.0 Å². The molecule has 1 atom stereocenters. The van der Waals surface area contributed by atoms with Gasteiger partial charge in [0.25, 0.3) is 5.91 Å². The van der Waals surface area contributed by atoms with Crippen molar-refractivity contribution in [1.82, 2.24) is 29.7 Å². The van der Waals surface area contributed by atoms with Crippen LogP contribution in [0.15, 0.2) is 73.2 Å². The average molecular weight is 697 g/mol. The van der Waals surface area contributed by atoms with Gasteiger partial charge in [-0.3, -0.25) is 34.1 Å². The molecule has 2 saturated heterocycles. The van der Waals surface area contributed by atoms with Crippen molar-refractivity contribution in [2.45, 2.75) is 44.9 Å². The zero-order valence-corrected chi connectivity index (χ0v) is 27.4. The molecule has 1 unspecified atom stereocenters. The number of aryl methyl sites for hydroxylation is 1. The Labute approximate surface area is 293 Å². The second-order valence-corrected chi connectivity index (χ2v) is 12.9. The Balaban J connectivity index is 0.955. The van der Waals surface area contributed by atoms with E-state index < -0.39 is 30.3 Å². The summed E-state index contributed by atoms with van der Waals surface area (Å²) in [6.07, 6.45) is -1.66. The van der Waals surface area contributed by atoms with Gasteiger partial charge in [0.15, 0.2) is 5.69 Å². The van der Waals surface area contributed by atoms with E-state index in [-0.39, 0.29) is 30.5 Å². The normalized spacial score (nSPS) is 19.1. The van der Waals surface area contributed by atoms with Crippen LogP contribution in [0.5, 0.6) is 0 Å². The van der Waals surface area contributed by atoms with Crippen LogP contribution in [0.25, 0.3) is 16.6 Å². The van der Waals surface area contributed by atoms with Crippen LogP contribution in [-0.4, -0.2) is 74.4 Å². The summed E-state index contributed by atoms with van der Waals surface area (Å²) in [6.45, 7) is 1.54. The number of piperidine rings is 1. The number of anilines is 2. The third-order valence-corrected chi connectivity index (χ3v) is 9.53. The van der Waals surface area contributed by atoms with Crippen molar-refractivity contribution in [2.75, 3.05) is 36.0 Å². The first kappa shape index (κ1) is 30.2.